The van der Waals surface area contributed by atoms with E-state index in [-0.39, 0.29) is 11.5 Å². The van der Waals surface area contributed by atoms with E-state index < -0.39 is 4.92 Å². The summed E-state index contributed by atoms with van der Waals surface area (Å²) in [6.07, 6.45) is 0.428. The normalized spacial score (nSPS) is 16.2. The summed E-state index contributed by atoms with van der Waals surface area (Å²) in [6, 6.07) is 5.75. The van der Waals surface area contributed by atoms with Gasteiger partial charge in [-0.2, -0.15) is 0 Å². The molecule has 19 heavy (non-hydrogen) atoms. The van der Waals surface area contributed by atoms with Crippen molar-refractivity contribution in [2.45, 2.75) is 6.42 Å². The molecular weight excluding hydrogens is 248 g/mol. The molecule has 1 aliphatic rings. The Balaban J connectivity index is 1.86. The molecule has 1 aromatic rings. The fraction of sp³-hybridized carbons (Fsp3) is 0.462. The third-order valence-corrected chi connectivity index (χ3v) is 3.16. The van der Waals surface area contributed by atoms with Crippen molar-refractivity contribution in [2.24, 2.45) is 0 Å². The Kier molecular flexibility index (Phi) is 4.59. The van der Waals surface area contributed by atoms with E-state index >= 15 is 0 Å². The van der Waals surface area contributed by atoms with Gasteiger partial charge in [0.25, 0.3) is 5.69 Å². The van der Waals surface area contributed by atoms with Crippen LogP contribution in [0.5, 0.6) is 0 Å². The maximum atomic E-state index is 11.9. The largest absolute Gasteiger partial charge is 0.379 e. The molecule has 0 radical (unpaired) electrons. The average Bonchev–Trinajstić information content (AvgIpc) is 2.46. The van der Waals surface area contributed by atoms with Crippen molar-refractivity contribution >= 4 is 11.5 Å². The van der Waals surface area contributed by atoms with Crippen LogP contribution in [0, 0.1) is 10.1 Å². The van der Waals surface area contributed by atoms with Crippen LogP contribution in [-0.2, 0) is 4.74 Å². The molecule has 1 fully saturated rings. The second-order valence-electron chi connectivity index (χ2n) is 4.43. The fourth-order valence-electron chi connectivity index (χ4n) is 2.00. The Labute approximate surface area is 111 Å². The number of rotatable bonds is 5. The van der Waals surface area contributed by atoms with Gasteiger partial charge in [0.05, 0.1) is 18.1 Å². The fourth-order valence-corrected chi connectivity index (χ4v) is 2.00. The lowest BCUT2D eigenvalue weighted by Gasteiger charge is -2.26. The minimum atomic E-state index is -0.470. The van der Waals surface area contributed by atoms with Crippen molar-refractivity contribution in [1.82, 2.24) is 4.90 Å². The summed E-state index contributed by atoms with van der Waals surface area (Å²) < 4.78 is 5.24. The summed E-state index contributed by atoms with van der Waals surface area (Å²) in [5.74, 6) is 0.0152. The number of nitro benzene ring substituents is 1. The third-order valence-electron chi connectivity index (χ3n) is 3.16. The molecule has 0 aliphatic carbocycles. The number of Topliss-reactive ketones (excluding diaryl/α,β-unsaturated/α-hetero) is 1. The van der Waals surface area contributed by atoms with E-state index in [0.29, 0.717) is 31.7 Å². The topological polar surface area (TPSA) is 72.7 Å². The Morgan fingerprint density at radius 2 is 1.89 bits per heavy atom. The summed E-state index contributed by atoms with van der Waals surface area (Å²) in [6.45, 7) is 3.84. The van der Waals surface area contributed by atoms with Crippen LogP contribution >= 0.6 is 0 Å². The highest BCUT2D eigenvalue weighted by atomic mass is 16.6. The van der Waals surface area contributed by atoms with Crippen LogP contribution in [0.3, 0.4) is 0 Å². The number of hydrogen-bond acceptors (Lipinski definition) is 5. The van der Waals surface area contributed by atoms with Crippen LogP contribution in [-0.4, -0.2) is 48.5 Å². The van der Waals surface area contributed by atoms with Crippen LogP contribution in [0.2, 0.25) is 0 Å². The predicted molar refractivity (Wildman–Crippen MR) is 69.3 cm³/mol. The monoisotopic (exact) mass is 264 g/mol. The van der Waals surface area contributed by atoms with Gasteiger partial charge in [-0.15, -0.1) is 0 Å². The number of carbonyl (C=O) groups excluding carboxylic acids is 1. The molecule has 1 heterocycles. The Hall–Kier alpha value is -1.79. The number of non-ortho nitro benzene ring substituents is 1. The summed E-state index contributed by atoms with van der Waals surface area (Å²) >= 11 is 0. The first-order valence-electron chi connectivity index (χ1n) is 6.24. The Morgan fingerprint density at radius 1 is 1.26 bits per heavy atom. The molecule has 1 aliphatic heterocycles. The second kappa shape index (κ2) is 6.40. The standard InChI is InChI=1S/C13H16N2O4/c16-13(5-6-14-7-9-19-10-8-14)11-1-3-12(4-2-11)15(17)18/h1-4H,5-10H2. The maximum Gasteiger partial charge on any atom is 0.269 e. The van der Waals surface area contributed by atoms with Crippen LogP contribution in [0.1, 0.15) is 16.8 Å². The molecule has 1 saturated heterocycles. The molecule has 102 valence electrons. The summed E-state index contributed by atoms with van der Waals surface area (Å²) in [4.78, 5) is 24.2. The number of ether oxygens (including phenoxy) is 1. The lowest BCUT2D eigenvalue weighted by molar-refractivity contribution is -0.384. The van der Waals surface area contributed by atoms with E-state index in [9.17, 15) is 14.9 Å². The SMILES string of the molecule is O=C(CCN1CCOCC1)c1ccc([N+](=O)[O-])cc1. The zero-order valence-corrected chi connectivity index (χ0v) is 10.6. The molecule has 0 spiro atoms. The van der Waals surface area contributed by atoms with Crippen molar-refractivity contribution in [3.63, 3.8) is 0 Å². The molecule has 0 saturated carbocycles. The number of nitrogens with zero attached hydrogens (tertiary/aromatic N) is 2. The molecule has 1 aromatic carbocycles. The van der Waals surface area contributed by atoms with E-state index in [4.69, 9.17) is 4.74 Å². The number of ketones is 1. The van der Waals surface area contributed by atoms with Gasteiger partial charge in [-0.1, -0.05) is 0 Å². The molecule has 2 rings (SSSR count). The van der Waals surface area contributed by atoms with Gasteiger partial charge >= 0.3 is 0 Å². The second-order valence-corrected chi connectivity index (χ2v) is 4.43. The Morgan fingerprint density at radius 3 is 2.47 bits per heavy atom. The molecule has 0 N–H and O–H groups in total. The van der Waals surface area contributed by atoms with Gasteiger partial charge in [0.15, 0.2) is 5.78 Å². The molecule has 6 heteroatoms. The van der Waals surface area contributed by atoms with Gasteiger partial charge in [-0.3, -0.25) is 19.8 Å². The van der Waals surface area contributed by atoms with Crippen molar-refractivity contribution in [3.05, 3.63) is 39.9 Å². The lowest BCUT2D eigenvalue weighted by atomic mass is 10.1. The average molecular weight is 264 g/mol. The maximum absolute atomic E-state index is 11.9. The van der Waals surface area contributed by atoms with E-state index in [1.165, 1.54) is 24.3 Å². The molecule has 0 amide bonds. The molecular formula is C13H16N2O4. The van der Waals surface area contributed by atoms with Crippen LogP contribution in [0.4, 0.5) is 5.69 Å². The minimum absolute atomic E-state index is 0.00438. The van der Waals surface area contributed by atoms with Gasteiger partial charge in [0.1, 0.15) is 0 Å². The third kappa shape index (κ3) is 3.84. The molecule has 0 atom stereocenters. The number of nitro groups is 1. The highest BCUT2D eigenvalue weighted by molar-refractivity contribution is 5.96. The highest BCUT2D eigenvalue weighted by Gasteiger charge is 2.13. The van der Waals surface area contributed by atoms with Crippen molar-refractivity contribution < 1.29 is 14.5 Å². The quantitative estimate of drug-likeness (QED) is 0.458. The highest BCUT2D eigenvalue weighted by Crippen LogP contribution is 2.13. The minimum Gasteiger partial charge on any atom is -0.379 e. The van der Waals surface area contributed by atoms with Crippen LogP contribution in [0.25, 0.3) is 0 Å². The van der Waals surface area contributed by atoms with Crippen molar-refractivity contribution in [2.75, 3.05) is 32.8 Å². The van der Waals surface area contributed by atoms with Crippen molar-refractivity contribution in [3.8, 4) is 0 Å². The van der Waals surface area contributed by atoms with E-state index in [1.807, 2.05) is 0 Å². The van der Waals surface area contributed by atoms with E-state index in [2.05, 4.69) is 4.90 Å². The van der Waals surface area contributed by atoms with Crippen LogP contribution < -0.4 is 0 Å². The molecule has 6 nitrogen and oxygen atoms in total. The lowest BCUT2D eigenvalue weighted by Crippen LogP contribution is -2.37. The number of hydrogen-bond donors (Lipinski definition) is 0. The Bertz CT molecular complexity index is 452. The zero-order chi connectivity index (χ0) is 13.7. The predicted octanol–water partition coefficient (Wildman–Crippen LogP) is 1.50. The van der Waals surface area contributed by atoms with Gasteiger partial charge in [0, 0.05) is 43.8 Å². The van der Waals surface area contributed by atoms with Gasteiger partial charge in [0.2, 0.25) is 0 Å². The molecule has 0 unspecified atom stereocenters. The first-order valence-corrected chi connectivity index (χ1v) is 6.24. The molecule has 0 bridgehead atoms. The first kappa shape index (κ1) is 13.6. The first-order chi connectivity index (χ1) is 9.16. The van der Waals surface area contributed by atoms with E-state index in [0.717, 1.165) is 13.1 Å². The smallest absolute Gasteiger partial charge is 0.269 e. The summed E-state index contributed by atoms with van der Waals surface area (Å²) in [7, 11) is 0. The number of morpholine rings is 1. The summed E-state index contributed by atoms with van der Waals surface area (Å²) in [5, 5.41) is 10.5. The number of carbonyl (C=O) groups is 1. The summed E-state index contributed by atoms with van der Waals surface area (Å²) in [5.41, 5.74) is 0.531. The van der Waals surface area contributed by atoms with Crippen LogP contribution in [0.15, 0.2) is 24.3 Å². The van der Waals surface area contributed by atoms with Gasteiger partial charge in [-0.25, -0.2) is 0 Å². The van der Waals surface area contributed by atoms with Gasteiger partial charge in [-0.05, 0) is 12.1 Å². The van der Waals surface area contributed by atoms with Crippen molar-refractivity contribution in [1.29, 1.82) is 0 Å². The van der Waals surface area contributed by atoms with E-state index in [1.54, 1.807) is 0 Å². The number of benzene rings is 1. The van der Waals surface area contributed by atoms with Gasteiger partial charge < -0.3 is 4.74 Å². The zero-order valence-electron chi connectivity index (χ0n) is 10.6. The molecule has 0 aromatic heterocycles.